The van der Waals surface area contributed by atoms with E-state index in [0.29, 0.717) is 10.9 Å². The number of nitrogens with one attached hydrogen (secondary N) is 1. The molecule has 7 heteroatoms. The van der Waals surface area contributed by atoms with Crippen LogP contribution in [0.3, 0.4) is 0 Å². The Bertz CT molecular complexity index is 954. The molecule has 2 aromatic carbocycles. The number of para-hydroxylation sites is 1. The van der Waals surface area contributed by atoms with Gasteiger partial charge in [-0.3, -0.25) is 4.79 Å². The first kappa shape index (κ1) is 15.1. The smallest absolute Gasteiger partial charge is 0.259 e. The Balaban J connectivity index is 2.34. The number of nitrogens with zero attached hydrogens (tertiary/aromatic N) is 1. The van der Waals surface area contributed by atoms with Gasteiger partial charge in [0.2, 0.25) is 0 Å². The van der Waals surface area contributed by atoms with Gasteiger partial charge in [-0.1, -0.05) is 12.1 Å². The number of aromatic nitrogens is 2. The molecule has 23 heavy (non-hydrogen) atoms. The molecule has 1 heterocycles. The molecule has 0 aliphatic carbocycles. The average molecular weight is 320 g/mol. The number of hydrogen-bond donors (Lipinski definition) is 1. The molecule has 0 fully saturated rings. The third kappa shape index (κ3) is 2.54. The first-order chi connectivity index (χ1) is 11.0. The lowest BCUT2D eigenvalue weighted by Gasteiger charge is -2.12. The third-order valence-electron chi connectivity index (χ3n) is 3.28. The zero-order chi connectivity index (χ0) is 16.6. The minimum atomic E-state index is -1.65. The minimum Gasteiger partial charge on any atom is -0.493 e. The number of rotatable bonds is 3. The highest BCUT2D eigenvalue weighted by Crippen LogP contribution is 2.33. The second-order valence-corrected chi connectivity index (χ2v) is 4.72. The highest BCUT2D eigenvalue weighted by Gasteiger charge is 2.23. The molecule has 0 unspecified atom stereocenters. The molecule has 0 aliphatic heterocycles. The van der Waals surface area contributed by atoms with Gasteiger partial charge in [0.25, 0.3) is 5.56 Å². The van der Waals surface area contributed by atoms with E-state index in [9.17, 15) is 18.0 Å². The fourth-order valence-corrected chi connectivity index (χ4v) is 2.27. The van der Waals surface area contributed by atoms with Gasteiger partial charge in [0.05, 0.1) is 23.1 Å². The van der Waals surface area contributed by atoms with Crippen LogP contribution in [-0.4, -0.2) is 16.6 Å². The molecule has 4 nitrogen and oxygen atoms in total. The van der Waals surface area contributed by atoms with Crippen molar-refractivity contribution in [1.82, 2.24) is 9.97 Å². The van der Waals surface area contributed by atoms with E-state index in [2.05, 4.69) is 9.97 Å². The second-order valence-electron chi connectivity index (χ2n) is 4.72. The predicted molar refractivity (Wildman–Crippen MR) is 78.8 cm³/mol. The van der Waals surface area contributed by atoms with E-state index in [1.807, 2.05) is 0 Å². The van der Waals surface area contributed by atoms with Crippen LogP contribution in [0.2, 0.25) is 0 Å². The molecule has 1 N–H and O–H groups in total. The molecule has 0 saturated carbocycles. The van der Waals surface area contributed by atoms with Gasteiger partial charge in [-0.25, -0.2) is 18.2 Å². The average Bonchev–Trinajstić information content (AvgIpc) is 2.53. The highest BCUT2D eigenvalue weighted by molar-refractivity contribution is 5.80. The summed E-state index contributed by atoms with van der Waals surface area (Å²) in [5.41, 5.74) is -0.636. The van der Waals surface area contributed by atoms with E-state index in [1.54, 1.807) is 31.2 Å². The topological polar surface area (TPSA) is 55.0 Å². The van der Waals surface area contributed by atoms with Gasteiger partial charge in [-0.15, -0.1) is 0 Å². The Hall–Kier alpha value is -2.83. The Morgan fingerprint density at radius 1 is 1.17 bits per heavy atom. The highest BCUT2D eigenvalue weighted by atomic mass is 19.2. The van der Waals surface area contributed by atoms with Crippen LogP contribution >= 0.6 is 0 Å². The molecule has 0 saturated heterocycles. The molecular weight excluding hydrogens is 309 g/mol. The van der Waals surface area contributed by atoms with Crippen molar-refractivity contribution in [3.8, 4) is 17.1 Å². The number of ether oxygens (including phenoxy) is 1. The van der Waals surface area contributed by atoms with Crippen LogP contribution < -0.4 is 10.3 Å². The van der Waals surface area contributed by atoms with Crippen LogP contribution in [0.1, 0.15) is 6.92 Å². The fraction of sp³-hybridized carbons (Fsp3) is 0.125. The van der Waals surface area contributed by atoms with Gasteiger partial charge < -0.3 is 9.72 Å². The van der Waals surface area contributed by atoms with Gasteiger partial charge in [-0.2, -0.15) is 0 Å². The summed E-state index contributed by atoms with van der Waals surface area (Å²) < 4.78 is 46.3. The lowest BCUT2D eigenvalue weighted by Crippen LogP contribution is -2.11. The molecule has 0 bridgehead atoms. The fourth-order valence-electron chi connectivity index (χ4n) is 2.27. The predicted octanol–water partition coefficient (Wildman–Crippen LogP) is 3.41. The third-order valence-corrected chi connectivity index (χ3v) is 3.28. The molecule has 0 spiro atoms. The van der Waals surface area contributed by atoms with Gasteiger partial charge >= 0.3 is 0 Å². The number of H-pyrrole nitrogens is 1. The van der Waals surface area contributed by atoms with Crippen LogP contribution in [0.25, 0.3) is 22.3 Å². The molecule has 3 rings (SSSR count). The summed E-state index contributed by atoms with van der Waals surface area (Å²) in [6, 6.07) is 7.15. The zero-order valence-corrected chi connectivity index (χ0v) is 12.0. The molecule has 0 aliphatic rings. The maximum Gasteiger partial charge on any atom is 0.259 e. The summed E-state index contributed by atoms with van der Waals surface area (Å²) in [6.07, 6.45) is 0. The maximum atomic E-state index is 14.2. The summed E-state index contributed by atoms with van der Waals surface area (Å²) in [6.45, 7) is 1.72. The molecule has 1 aromatic heterocycles. The van der Waals surface area contributed by atoms with Crippen LogP contribution in [0, 0.1) is 17.5 Å². The SMILES string of the molecule is CCOc1cc(F)c(F)c(F)c1-c1nc2ccccc2c(=O)[nH]1. The summed E-state index contributed by atoms with van der Waals surface area (Å²) in [4.78, 5) is 18.6. The van der Waals surface area contributed by atoms with Crippen molar-refractivity contribution in [2.45, 2.75) is 6.92 Å². The number of aromatic amines is 1. The Morgan fingerprint density at radius 2 is 1.91 bits per heavy atom. The number of benzene rings is 2. The van der Waals surface area contributed by atoms with Crippen LogP contribution in [0.5, 0.6) is 5.75 Å². The van der Waals surface area contributed by atoms with E-state index in [4.69, 9.17) is 4.74 Å². The summed E-state index contributed by atoms with van der Waals surface area (Å²) in [5, 5.41) is 0.303. The lowest BCUT2D eigenvalue weighted by molar-refractivity contribution is 0.333. The van der Waals surface area contributed by atoms with Crippen molar-refractivity contribution in [1.29, 1.82) is 0 Å². The molecule has 118 valence electrons. The van der Waals surface area contributed by atoms with Gasteiger partial charge in [0.1, 0.15) is 11.6 Å². The monoisotopic (exact) mass is 320 g/mol. The van der Waals surface area contributed by atoms with Crippen molar-refractivity contribution in [2.75, 3.05) is 6.61 Å². The zero-order valence-electron chi connectivity index (χ0n) is 12.0. The Labute approximate surface area is 128 Å². The van der Waals surface area contributed by atoms with E-state index in [1.165, 1.54) is 0 Å². The first-order valence-corrected chi connectivity index (χ1v) is 6.82. The van der Waals surface area contributed by atoms with Crippen LogP contribution in [0.4, 0.5) is 13.2 Å². The Kier molecular flexibility index (Phi) is 3.77. The summed E-state index contributed by atoms with van der Waals surface area (Å²) >= 11 is 0. The molecular formula is C16H11F3N2O2. The van der Waals surface area contributed by atoms with E-state index in [0.717, 1.165) is 6.07 Å². The van der Waals surface area contributed by atoms with Gasteiger partial charge in [-0.05, 0) is 19.1 Å². The minimum absolute atomic E-state index is 0.106. The van der Waals surface area contributed by atoms with Crippen molar-refractivity contribution in [2.24, 2.45) is 0 Å². The Morgan fingerprint density at radius 3 is 2.65 bits per heavy atom. The number of fused-ring (bicyclic) bond motifs is 1. The second kappa shape index (κ2) is 5.75. The van der Waals surface area contributed by atoms with Gasteiger partial charge in [0, 0.05) is 6.07 Å². The largest absolute Gasteiger partial charge is 0.493 e. The normalized spacial score (nSPS) is 11.0. The van der Waals surface area contributed by atoms with Crippen molar-refractivity contribution in [3.63, 3.8) is 0 Å². The van der Waals surface area contributed by atoms with Gasteiger partial charge in [0.15, 0.2) is 17.5 Å². The molecule has 0 atom stereocenters. The quantitative estimate of drug-likeness (QED) is 0.753. The van der Waals surface area contributed by atoms with Crippen LogP contribution in [-0.2, 0) is 0 Å². The van der Waals surface area contributed by atoms with Crippen molar-refractivity contribution < 1.29 is 17.9 Å². The lowest BCUT2D eigenvalue weighted by atomic mass is 10.1. The van der Waals surface area contributed by atoms with Crippen molar-refractivity contribution in [3.05, 3.63) is 58.1 Å². The number of hydrogen-bond acceptors (Lipinski definition) is 3. The summed E-state index contributed by atoms with van der Waals surface area (Å²) in [5.74, 6) is -4.96. The standard InChI is InChI=1S/C16H11F3N2O2/c1-2-23-11-7-9(17)13(18)14(19)12(11)15-20-10-6-4-3-5-8(10)16(22)21-15/h3-7H,2H2,1H3,(H,20,21,22). The number of halogens is 3. The summed E-state index contributed by atoms with van der Waals surface area (Å²) in [7, 11) is 0. The maximum absolute atomic E-state index is 14.2. The molecule has 0 amide bonds. The van der Waals surface area contributed by atoms with Crippen LogP contribution in [0.15, 0.2) is 35.1 Å². The van der Waals surface area contributed by atoms with E-state index in [-0.39, 0.29) is 18.2 Å². The molecule has 0 radical (unpaired) electrons. The molecule has 3 aromatic rings. The van der Waals surface area contributed by atoms with E-state index < -0.39 is 28.6 Å². The first-order valence-electron chi connectivity index (χ1n) is 6.82. The van der Waals surface area contributed by atoms with Crippen molar-refractivity contribution >= 4 is 10.9 Å². The van der Waals surface area contributed by atoms with E-state index >= 15 is 0 Å².